The van der Waals surface area contributed by atoms with Crippen molar-refractivity contribution in [2.24, 2.45) is 0 Å². The average molecular weight is 286 g/mol. The summed E-state index contributed by atoms with van der Waals surface area (Å²) >= 11 is 0. The van der Waals surface area contributed by atoms with Crippen LogP contribution in [0.1, 0.15) is 5.56 Å². The van der Waals surface area contributed by atoms with E-state index in [0.29, 0.717) is 35.2 Å². The fraction of sp³-hybridized carbons (Fsp3) is 0.214. The molecule has 7 heteroatoms. The van der Waals surface area contributed by atoms with Crippen LogP contribution in [0.3, 0.4) is 0 Å². The highest BCUT2D eigenvalue weighted by Crippen LogP contribution is 2.20. The van der Waals surface area contributed by atoms with E-state index in [1.807, 2.05) is 10.6 Å². The maximum absolute atomic E-state index is 13.9. The SMILES string of the molecule is CNc1ncc2nc(NC)n(Cc3ccccc3F)c2n1. The number of nitrogens with zero attached hydrogens (tertiary/aromatic N) is 4. The summed E-state index contributed by atoms with van der Waals surface area (Å²) in [6.07, 6.45) is 1.65. The Balaban J connectivity index is 2.13. The Morgan fingerprint density at radius 2 is 1.95 bits per heavy atom. The molecule has 0 fully saturated rings. The maximum Gasteiger partial charge on any atom is 0.224 e. The lowest BCUT2D eigenvalue weighted by molar-refractivity contribution is 0.602. The van der Waals surface area contributed by atoms with Gasteiger partial charge in [0.1, 0.15) is 11.3 Å². The van der Waals surface area contributed by atoms with Gasteiger partial charge < -0.3 is 10.6 Å². The first-order chi connectivity index (χ1) is 10.2. The van der Waals surface area contributed by atoms with Gasteiger partial charge in [-0.3, -0.25) is 4.57 Å². The lowest BCUT2D eigenvalue weighted by atomic mass is 10.2. The molecule has 0 bridgehead atoms. The van der Waals surface area contributed by atoms with E-state index in [9.17, 15) is 4.39 Å². The molecule has 0 radical (unpaired) electrons. The Morgan fingerprint density at radius 1 is 1.14 bits per heavy atom. The fourth-order valence-electron chi connectivity index (χ4n) is 2.18. The Morgan fingerprint density at radius 3 is 2.67 bits per heavy atom. The molecule has 0 aliphatic heterocycles. The van der Waals surface area contributed by atoms with Crippen molar-refractivity contribution in [2.45, 2.75) is 6.54 Å². The van der Waals surface area contributed by atoms with Gasteiger partial charge in [-0.15, -0.1) is 0 Å². The number of hydrogen-bond acceptors (Lipinski definition) is 5. The van der Waals surface area contributed by atoms with Gasteiger partial charge in [0.2, 0.25) is 11.9 Å². The molecule has 2 heterocycles. The van der Waals surface area contributed by atoms with Crippen molar-refractivity contribution in [3.8, 4) is 0 Å². The van der Waals surface area contributed by atoms with Gasteiger partial charge in [-0.2, -0.15) is 4.98 Å². The molecule has 2 N–H and O–H groups in total. The zero-order valence-electron chi connectivity index (χ0n) is 11.8. The Labute approximate surface area is 121 Å². The van der Waals surface area contributed by atoms with E-state index in [2.05, 4.69) is 25.6 Å². The fourth-order valence-corrected chi connectivity index (χ4v) is 2.18. The van der Waals surface area contributed by atoms with Crippen molar-refractivity contribution in [2.75, 3.05) is 24.7 Å². The molecule has 0 unspecified atom stereocenters. The minimum atomic E-state index is -0.246. The van der Waals surface area contributed by atoms with E-state index < -0.39 is 0 Å². The molecule has 0 spiro atoms. The summed E-state index contributed by atoms with van der Waals surface area (Å²) in [6.45, 7) is 0.347. The van der Waals surface area contributed by atoms with Crippen LogP contribution in [0.15, 0.2) is 30.5 Å². The molecule has 0 amide bonds. The Bertz CT molecular complexity index is 782. The Hall–Kier alpha value is -2.70. The van der Waals surface area contributed by atoms with Crippen molar-refractivity contribution in [3.63, 3.8) is 0 Å². The third kappa shape index (κ3) is 2.37. The summed E-state index contributed by atoms with van der Waals surface area (Å²) in [4.78, 5) is 13.0. The van der Waals surface area contributed by atoms with Crippen LogP contribution in [0.5, 0.6) is 0 Å². The van der Waals surface area contributed by atoms with Crippen LogP contribution in [0, 0.1) is 5.82 Å². The van der Waals surface area contributed by atoms with Gasteiger partial charge in [0.05, 0.1) is 12.7 Å². The van der Waals surface area contributed by atoms with Crippen LogP contribution in [-0.2, 0) is 6.54 Å². The van der Waals surface area contributed by atoms with Crippen molar-refractivity contribution < 1.29 is 4.39 Å². The van der Waals surface area contributed by atoms with E-state index in [-0.39, 0.29) is 5.82 Å². The molecule has 108 valence electrons. The minimum Gasteiger partial charge on any atom is -0.359 e. The molecule has 21 heavy (non-hydrogen) atoms. The zero-order chi connectivity index (χ0) is 14.8. The smallest absolute Gasteiger partial charge is 0.224 e. The second kappa shape index (κ2) is 5.35. The number of imidazole rings is 1. The van der Waals surface area contributed by atoms with Crippen molar-refractivity contribution >= 4 is 23.1 Å². The van der Waals surface area contributed by atoms with Crippen LogP contribution < -0.4 is 10.6 Å². The molecule has 0 saturated heterocycles. The third-order valence-corrected chi connectivity index (χ3v) is 3.22. The van der Waals surface area contributed by atoms with Crippen molar-refractivity contribution in [1.82, 2.24) is 19.5 Å². The van der Waals surface area contributed by atoms with Gasteiger partial charge in [-0.25, -0.2) is 14.4 Å². The Kier molecular flexibility index (Phi) is 3.39. The van der Waals surface area contributed by atoms with Gasteiger partial charge >= 0.3 is 0 Å². The normalized spacial score (nSPS) is 10.8. The second-order valence-electron chi connectivity index (χ2n) is 4.52. The molecule has 2 aromatic heterocycles. The van der Waals surface area contributed by atoms with Gasteiger partial charge in [0, 0.05) is 19.7 Å². The molecule has 3 rings (SSSR count). The van der Waals surface area contributed by atoms with Crippen LogP contribution in [0.2, 0.25) is 0 Å². The number of fused-ring (bicyclic) bond motifs is 1. The summed E-state index contributed by atoms with van der Waals surface area (Å²) in [5.74, 6) is 0.875. The number of halogens is 1. The minimum absolute atomic E-state index is 0.246. The third-order valence-electron chi connectivity index (χ3n) is 3.22. The van der Waals surface area contributed by atoms with Crippen LogP contribution >= 0.6 is 0 Å². The molecular formula is C14H15FN6. The van der Waals surface area contributed by atoms with Gasteiger partial charge in [-0.1, -0.05) is 18.2 Å². The van der Waals surface area contributed by atoms with Crippen molar-refractivity contribution in [3.05, 3.63) is 41.8 Å². The highest BCUT2D eigenvalue weighted by molar-refractivity contribution is 5.75. The predicted octanol–water partition coefficient (Wildman–Crippen LogP) is 2.10. The summed E-state index contributed by atoms with van der Waals surface area (Å²) in [7, 11) is 3.52. The largest absolute Gasteiger partial charge is 0.359 e. The molecule has 0 saturated carbocycles. The summed E-state index contributed by atoms with van der Waals surface area (Å²) in [5, 5.41) is 5.89. The molecule has 0 aliphatic rings. The number of rotatable bonds is 4. The number of anilines is 2. The predicted molar refractivity (Wildman–Crippen MR) is 79.9 cm³/mol. The molecular weight excluding hydrogens is 271 g/mol. The van der Waals surface area contributed by atoms with Crippen LogP contribution in [-0.4, -0.2) is 33.6 Å². The summed E-state index contributed by atoms with van der Waals surface area (Å²) < 4.78 is 15.7. The highest BCUT2D eigenvalue weighted by atomic mass is 19.1. The highest BCUT2D eigenvalue weighted by Gasteiger charge is 2.14. The first-order valence-electron chi connectivity index (χ1n) is 6.55. The van der Waals surface area contributed by atoms with Crippen molar-refractivity contribution in [1.29, 1.82) is 0 Å². The molecule has 6 nitrogen and oxygen atoms in total. The average Bonchev–Trinajstić information content (AvgIpc) is 2.86. The van der Waals surface area contributed by atoms with Crippen LogP contribution in [0.4, 0.5) is 16.3 Å². The number of benzene rings is 1. The van der Waals surface area contributed by atoms with E-state index in [1.165, 1.54) is 6.07 Å². The monoisotopic (exact) mass is 286 g/mol. The molecule has 0 aliphatic carbocycles. The summed E-state index contributed by atoms with van der Waals surface area (Å²) in [6, 6.07) is 6.68. The van der Waals surface area contributed by atoms with Crippen LogP contribution in [0.25, 0.3) is 11.2 Å². The first-order valence-corrected chi connectivity index (χ1v) is 6.55. The lowest BCUT2D eigenvalue weighted by Gasteiger charge is -2.09. The number of nitrogens with one attached hydrogen (secondary N) is 2. The topological polar surface area (TPSA) is 67.7 Å². The van der Waals surface area contributed by atoms with Gasteiger partial charge in [0.25, 0.3) is 0 Å². The van der Waals surface area contributed by atoms with Gasteiger partial charge in [0.15, 0.2) is 5.65 Å². The van der Waals surface area contributed by atoms with E-state index in [4.69, 9.17) is 0 Å². The van der Waals surface area contributed by atoms with E-state index >= 15 is 0 Å². The standard InChI is InChI=1S/C14H15FN6/c1-16-13-18-7-11-12(20-13)21(14(17-2)19-11)8-9-5-3-4-6-10(9)15/h3-7H,8H2,1-2H3,(H,17,19)(H,16,18,20). The quantitative estimate of drug-likeness (QED) is 0.768. The van der Waals surface area contributed by atoms with E-state index in [1.54, 1.807) is 32.4 Å². The molecule has 0 atom stereocenters. The first kappa shape index (κ1) is 13.3. The van der Waals surface area contributed by atoms with E-state index in [0.717, 1.165) is 0 Å². The molecule has 3 aromatic rings. The molecule has 1 aromatic carbocycles. The zero-order valence-corrected chi connectivity index (χ0v) is 11.8. The second-order valence-corrected chi connectivity index (χ2v) is 4.52. The van der Waals surface area contributed by atoms with Gasteiger partial charge in [-0.05, 0) is 6.07 Å². The lowest BCUT2D eigenvalue weighted by Crippen LogP contribution is -2.07. The summed E-state index contributed by atoms with van der Waals surface area (Å²) in [5.41, 5.74) is 1.90. The number of hydrogen-bond donors (Lipinski definition) is 2. The maximum atomic E-state index is 13.9. The number of aromatic nitrogens is 4.